The molecule has 27 heavy (non-hydrogen) atoms. The first-order valence-corrected chi connectivity index (χ1v) is 10.5. The molecule has 3 aromatic rings. The van der Waals surface area contributed by atoms with Gasteiger partial charge in [-0.2, -0.15) is 0 Å². The van der Waals surface area contributed by atoms with E-state index < -0.39 is 0 Å². The van der Waals surface area contributed by atoms with Gasteiger partial charge in [0.15, 0.2) is 0 Å². The predicted molar refractivity (Wildman–Crippen MR) is 120 cm³/mol. The minimum absolute atomic E-state index is 0.902. The summed E-state index contributed by atoms with van der Waals surface area (Å²) in [4.78, 5) is 0. The molecule has 0 saturated heterocycles. The van der Waals surface area contributed by atoms with Crippen molar-refractivity contribution in [3.63, 3.8) is 0 Å². The van der Waals surface area contributed by atoms with Gasteiger partial charge < -0.3 is 4.74 Å². The summed E-state index contributed by atoms with van der Waals surface area (Å²) >= 11 is 7.42. The molecule has 0 spiro atoms. The minimum Gasteiger partial charge on any atom is -0.455 e. The number of rotatable bonds is 1. The van der Waals surface area contributed by atoms with Gasteiger partial charge in [0, 0.05) is 30.9 Å². The van der Waals surface area contributed by atoms with Gasteiger partial charge in [-0.1, -0.05) is 62.7 Å². The zero-order valence-electron chi connectivity index (χ0n) is 15.8. The summed E-state index contributed by atoms with van der Waals surface area (Å²) in [5.74, 6) is 1.84. The molecule has 0 N–H and O–H groups in total. The smallest absolute Gasteiger partial charge is 0.138 e. The third-order valence-corrected chi connectivity index (χ3v) is 7.06. The average Bonchev–Trinajstić information content (AvgIpc) is 2.64. The van der Waals surface area contributed by atoms with Crippen LogP contribution in [-0.2, 0) is 0 Å². The van der Waals surface area contributed by atoms with Crippen molar-refractivity contribution in [1.29, 1.82) is 0 Å². The Bertz CT molecular complexity index is 1220. The molecular weight excluding hydrogens is 464 g/mol. The van der Waals surface area contributed by atoms with E-state index in [9.17, 15) is 0 Å². The third kappa shape index (κ3) is 2.79. The molecule has 0 amide bonds. The molecule has 0 atom stereocenters. The first-order valence-electron chi connectivity index (χ1n) is 8.87. The van der Waals surface area contributed by atoms with Gasteiger partial charge in [0.2, 0.25) is 0 Å². The topological polar surface area (TPSA) is 9.23 Å². The third-order valence-electron chi connectivity index (χ3n) is 5.53. The van der Waals surface area contributed by atoms with Gasteiger partial charge in [-0.05, 0) is 67.3 Å². The number of halogens is 2. The molecule has 1 aliphatic rings. The van der Waals surface area contributed by atoms with E-state index in [2.05, 4.69) is 103 Å². The molecule has 1 heterocycles. The Morgan fingerprint density at radius 2 is 1.48 bits per heavy atom. The highest BCUT2D eigenvalue weighted by Crippen LogP contribution is 2.43. The van der Waals surface area contributed by atoms with Gasteiger partial charge in [0.05, 0.1) is 0 Å². The lowest BCUT2D eigenvalue weighted by atomic mass is 9.87. The summed E-state index contributed by atoms with van der Waals surface area (Å²) < 4.78 is 8.60. The molecule has 3 heteroatoms. The molecule has 0 saturated carbocycles. The van der Waals surface area contributed by atoms with E-state index in [0.29, 0.717) is 0 Å². The van der Waals surface area contributed by atoms with Crippen LogP contribution in [0.3, 0.4) is 0 Å². The van der Waals surface area contributed by atoms with Crippen molar-refractivity contribution in [2.24, 2.45) is 0 Å². The van der Waals surface area contributed by atoms with E-state index in [-0.39, 0.29) is 0 Å². The Morgan fingerprint density at radius 3 is 2.19 bits per heavy atom. The number of aryl methyl sites for hydroxylation is 1. The van der Waals surface area contributed by atoms with Crippen LogP contribution >= 0.6 is 31.9 Å². The summed E-state index contributed by atoms with van der Waals surface area (Å²) in [5.41, 5.74) is 8.22. The second-order valence-electron chi connectivity index (χ2n) is 7.12. The summed E-state index contributed by atoms with van der Waals surface area (Å²) in [7, 11) is 0. The van der Waals surface area contributed by atoms with Crippen molar-refractivity contribution in [2.45, 2.75) is 27.7 Å². The van der Waals surface area contributed by atoms with E-state index in [1.807, 2.05) is 0 Å². The molecule has 0 aliphatic carbocycles. The highest BCUT2D eigenvalue weighted by Gasteiger charge is 2.26. The fourth-order valence-electron chi connectivity index (χ4n) is 3.67. The van der Waals surface area contributed by atoms with Gasteiger partial charge in [-0.15, -0.1) is 0 Å². The second-order valence-corrected chi connectivity index (χ2v) is 8.82. The van der Waals surface area contributed by atoms with Crippen LogP contribution in [0, 0.1) is 27.7 Å². The molecule has 0 aromatic heterocycles. The first kappa shape index (κ1) is 18.5. The summed E-state index contributed by atoms with van der Waals surface area (Å²) in [5, 5.41) is 2.07. The molecular formula is C24H20Br2O. The van der Waals surface area contributed by atoms with Crippen LogP contribution < -0.4 is 15.2 Å². The van der Waals surface area contributed by atoms with E-state index in [0.717, 1.165) is 47.6 Å². The van der Waals surface area contributed by atoms with Gasteiger partial charge in [-0.25, -0.2) is 0 Å². The predicted octanol–water partition coefficient (Wildman–Crippen LogP) is 6.21. The monoisotopic (exact) mass is 482 g/mol. The van der Waals surface area contributed by atoms with Crippen LogP contribution in [0.1, 0.15) is 33.4 Å². The number of fused-ring (bicyclic) bond motifs is 2. The van der Waals surface area contributed by atoms with Crippen LogP contribution in [0.25, 0.3) is 12.2 Å². The average molecular weight is 484 g/mol. The van der Waals surface area contributed by atoms with Crippen molar-refractivity contribution < 1.29 is 4.74 Å². The number of hydrogen-bond acceptors (Lipinski definition) is 1. The lowest BCUT2D eigenvalue weighted by Crippen LogP contribution is -2.24. The quantitative estimate of drug-likeness (QED) is 0.312. The zero-order chi connectivity index (χ0) is 19.5. The highest BCUT2D eigenvalue weighted by atomic mass is 79.9. The van der Waals surface area contributed by atoms with Gasteiger partial charge in [0.1, 0.15) is 11.5 Å². The van der Waals surface area contributed by atoms with E-state index >= 15 is 0 Å². The molecule has 0 bridgehead atoms. The fraction of sp³-hybridized carbons (Fsp3) is 0.167. The highest BCUT2D eigenvalue weighted by molar-refractivity contribution is 9.10. The summed E-state index contributed by atoms with van der Waals surface area (Å²) in [6.45, 7) is 12.7. The second kappa shape index (κ2) is 6.65. The lowest BCUT2D eigenvalue weighted by molar-refractivity contribution is 0.463. The van der Waals surface area contributed by atoms with Crippen LogP contribution in [0.2, 0.25) is 0 Å². The summed E-state index contributed by atoms with van der Waals surface area (Å²) in [6.07, 6.45) is 0. The van der Waals surface area contributed by atoms with Crippen molar-refractivity contribution in [3.05, 3.63) is 89.2 Å². The molecule has 0 radical (unpaired) electrons. The van der Waals surface area contributed by atoms with Crippen molar-refractivity contribution in [3.8, 4) is 11.5 Å². The minimum atomic E-state index is 0.902. The van der Waals surface area contributed by atoms with Crippen LogP contribution in [0.15, 0.2) is 45.3 Å². The van der Waals surface area contributed by atoms with E-state index in [1.165, 1.54) is 22.3 Å². The van der Waals surface area contributed by atoms with E-state index in [4.69, 9.17) is 4.74 Å². The van der Waals surface area contributed by atoms with Crippen LogP contribution in [0.5, 0.6) is 11.5 Å². The molecule has 0 unspecified atom stereocenters. The van der Waals surface area contributed by atoms with Crippen molar-refractivity contribution in [2.75, 3.05) is 0 Å². The molecule has 3 aromatic carbocycles. The van der Waals surface area contributed by atoms with Crippen molar-refractivity contribution >= 4 is 44.0 Å². The molecule has 1 nitrogen and oxygen atoms in total. The van der Waals surface area contributed by atoms with Gasteiger partial charge in [-0.3, -0.25) is 0 Å². The molecule has 1 aliphatic heterocycles. The van der Waals surface area contributed by atoms with E-state index in [1.54, 1.807) is 0 Å². The maximum absolute atomic E-state index is 6.50. The SMILES string of the molecule is C=c1c(Br)cc2c(c1C)Oc1c(cc(Br)c(C)c1C)C=2c1ccccc1C. The fourth-order valence-corrected chi connectivity index (χ4v) is 4.73. The Balaban J connectivity index is 2.27. The largest absolute Gasteiger partial charge is 0.455 e. The van der Waals surface area contributed by atoms with Crippen LogP contribution in [-0.4, -0.2) is 0 Å². The summed E-state index contributed by atoms with van der Waals surface area (Å²) in [6, 6.07) is 12.8. The van der Waals surface area contributed by atoms with Gasteiger partial charge >= 0.3 is 0 Å². The maximum atomic E-state index is 6.50. The Morgan fingerprint density at radius 1 is 0.778 bits per heavy atom. The number of ether oxygens (including phenoxy) is 1. The van der Waals surface area contributed by atoms with Gasteiger partial charge in [0.25, 0.3) is 0 Å². The normalized spacial score (nSPS) is 12.4. The van der Waals surface area contributed by atoms with Crippen LogP contribution in [0.4, 0.5) is 0 Å². The zero-order valence-corrected chi connectivity index (χ0v) is 19.0. The first-order chi connectivity index (χ1) is 12.8. The molecule has 0 fully saturated rings. The van der Waals surface area contributed by atoms with Crippen molar-refractivity contribution in [1.82, 2.24) is 0 Å². The molecule has 136 valence electrons. The Kier molecular flexibility index (Phi) is 4.56. The maximum Gasteiger partial charge on any atom is 0.138 e. The molecule has 4 rings (SSSR count). The number of benzene rings is 3. The Hall–Kier alpha value is -1.84. The standard InChI is InChI=1S/C24H20Br2O/c1-12-8-6-7-9-17(12)22-18-10-20(25)13(2)15(4)23(18)27-24-16(5)14(3)21(26)11-19(22)24/h6-11H,2H2,1,3-5H3. The number of hydrogen-bond donors (Lipinski definition) is 0. The Labute approximate surface area is 176 Å². The lowest BCUT2D eigenvalue weighted by Gasteiger charge is -2.26.